The maximum atomic E-state index is 13.5. The van der Waals surface area contributed by atoms with Gasteiger partial charge in [0.1, 0.15) is 11.9 Å². The van der Waals surface area contributed by atoms with Crippen LogP contribution in [0, 0.1) is 13.8 Å². The summed E-state index contributed by atoms with van der Waals surface area (Å²) in [4.78, 5) is 16.3. The molecule has 1 fully saturated rings. The summed E-state index contributed by atoms with van der Waals surface area (Å²) in [5.74, 6) is 2.32. The molecule has 0 unspecified atom stereocenters. The number of ether oxygens (including phenoxy) is 1. The van der Waals surface area contributed by atoms with E-state index in [1.165, 1.54) is 0 Å². The number of carbonyl (C=O) groups is 1. The molecule has 7 nitrogen and oxygen atoms in total. The standard InChI is InChI=1S/C28H29N5O2S/c1-20-9-8-10-21(2)27(20)35-23-15-17-32(18-16-23)28(34)24-13-6-7-14-25(24)36-19-26-29-30-31-33(26)22-11-4-3-5-12-22/h3-14,23H,15-19H2,1-2H3. The monoisotopic (exact) mass is 499 g/mol. The van der Waals surface area contributed by atoms with Crippen molar-refractivity contribution in [3.63, 3.8) is 0 Å². The smallest absolute Gasteiger partial charge is 0.254 e. The molecule has 0 bridgehead atoms. The number of aromatic nitrogens is 4. The van der Waals surface area contributed by atoms with E-state index in [-0.39, 0.29) is 12.0 Å². The van der Waals surface area contributed by atoms with Crippen LogP contribution in [0.1, 0.15) is 40.2 Å². The summed E-state index contributed by atoms with van der Waals surface area (Å²) in [7, 11) is 0. The van der Waals surface area contributed by atoms with Crippen LogP contribution in [0.3, 0.4) is 0 Å². The van der Waals surface area contributed by atoms with Gasteiger partial charge in [0, 0.05) is 30.8 Å². The third-order valence-corrected chi connectivity index (χ3v) is 7.50. The van der Waals surface area contributed by atoms with Crippen LogP contribution in [0.4, 0.5) is 0 Å². The number of nitrogens with zero attached hydrogens (tertiary/aromatic N) is 5. The highest BCUT2D eigenvalue weighted by Gasteiger charge is 2.26. The minimum atomic E-state index is 0.0614. The second-order valence-electron chi connectivity index (χ2n) is 8.96. The largest absolute Gasteiger partial charge is 0.490 e. The van der Waals surface area contributed by atoms with Gasteiger partial charge >= 0.3 is 0 Å². The number of aryl methyl sites for hydroxylation is 2. The molecule has 0 aliphatic carbocycles. The Kier molecular flexibility index (Phi) is 7.32. The first-order valence-electron chi connectivity index (χ1n) is 12.2. The molecule has 0 radical (unpaired) electrons. The van der Waals surface area contributed by atoms with E-state index >= 15 is 0 Å². The number of benzene rings is 3. The second-order valence-corrected chi connectivity index (χ2v) is 9.97. The number of amides is 1. The van der Waals surface area contributed by atoms with Crippen molar-refractivity contribution in [1.82, 2.24) is 25.1 Å². The van der Waals surface area contributed by atoms with E-state index < -0.39 is 0 Å². The lowest BCUT2D eigenvalue weighted by Gasteiger charge is -2.33. The van der Waals surface area contributed by atoms with Crippen LogP contribution in [-0.2, 0) is 5.75 Å². The van der Waals surface area contributed by atoms with Gasteiger partial charge in [0.25, 0.3) is 5.91 Å². The molecule has 1 saturated heterocycles. The number of hydrogen-bond donors (Lipinski definition) is 0. The predicted octanol–water partition coefficient (Wildman–Crippen LogP) is 5.26. The van der Waals surface area contributed by atoms with E-state index in [2.05, 4.69) is 47.6 Å². The van der Waals surface area contributed by atoms with Crippen molar-refractivity contribution in [3.8, 4) is 11.4 Å². The fourth-order valence-electron chi connectivity index (χ4n) is 4.48. The van der Waals surface area contributed by atoms with Crippen molar-refractivity contribution >= 4 is 17.7 Å². The third kappa shape index (κ3) is 5.28. The van der Waals surface area contributed by atoms with E-state index in [4.69, 9.17) is 4.74 Å². The maximum absolute atomic E-state index is 13.5. The van der Waals surface area contributed by atoms with E-state index in [9.17, 15) is 4.79 Å². The molecule has 0 saturated carbocycles. The summed E-state index contributed by atoms with van der Waals surface area (Å²) in [5, 5.41) is 12.2. The first-order valence-corrected chi connectivity index (χ1v) is 13.2. The molecule has 4 aromatic rings. The molecular formula is C28H29N5O2S. The number of likely N-dealkylation sites (tertiary alicyclic amines) is 1. The van der Waals surface area contributed by atoms with Crippen molar-refractivity contribution < 1.29 is 9.53 Å². The molecule has 184 valence electrons. The average Bonchev–Trinajstić information content (AvgIpc) is 3.39. The number of thioether (sulfide) groups is 1. The molecule has 0 atom stereocenters. The topological polar surface area (TPSA) is 73.1 Å². The molecule has 1 aromatic heterocycles. The number of hydrogen-bond acceptors (Lipinski definition) is 6. The Balaban J connectivity index is 1.23. The van der Waals surface area contributed by atoms with Gasteiger partial charge in [-0.15, -0.1) is 16.9 Å². The summed E-state index contributed by atoms with van der Waals surface area (Å²) in [6.07, 6.45) is 1.76. The molecule has 3 aromatic carbocycles. The molecule has 1 aliphatic heterocycles. The Morgan fingerprint density at radius 2 is 1.64 bits per heavy atom. The lowest BCUT2D eigenvalue weighted by molar-refractivity contribution is 0.0590. The Labute approximate surface area is 215 Å². The van der Waals surface area contributed by atoms with Gasteiger partial charge < -0.3 is 9.64 Å². The summed E-state index contributed by atoms with van der Waals surface area (Å²) in [5.41, 5.74) is 3.93. The number of para-hydroxylation sites is 2. The highest BCUT2D eigenvalue weighted by atomic mass is 32.2. The number of carbonyl (C=O) groups excluding carboxylic acids is 1. The SMILES string of the molecule is Cc1cccc(C)c1OC1CCN(C(=O)c2ccccc2SCc2nnnn2-c2ccccc2)CC1. The zero-order valence-corrected chi connectivity index (χ0v) is 21.3. The molecule has 1 aliphatic rings. The Morgan fingerprint density at radius 3 is 2.39 bits per heavy atom. The van der Waals surface area contributed by atoms with Gasteiger partial charge in [-0.3, -0.25) is 4.79 Å². The minimum absolute atomic E-state index is 0.0614. The van der Waals surface area contributed by atoms with Gasteiger partial charge in [-0.25, -0.2) is 0 Å². The number of rotatable bonds is 7. The summed E-state index contributed by atoms with van der Waals surface area (Å²) in [6, 6.07) is 23.8. The highest BCUT2D eigenvalue weighted by molar-refractivity contribution is 7.98. The van der Waals surface area contributed by atoms with Crippen LogP contribution in [-0.4, -0.2) is 50.2 Å². The van der Waals surface area contributed by atoms with Gasteiger partial charge in [-0.05, 0) is 59.7 Å². The Hall–Kier alpha value is -3.65. The normalized spacial score (nSPS) is 14.1. The number of piperidine rings is 1. The van der Waals surface area contributed by atoms with Crippen LogP contribution in [0.25, 0.3) is 5.69 Å². The maximum Gasteiger partial charge on any atom is 0.254 e. The summed E-state index contributed by atoms with van der Waals surface area (Å²) >= 11 is 1.58. The van der Waals surface area contributed by atoms with E-state index in [1.807, 2.05) is 59.5 Å². The fraction of sp³-hybridized carbons (Fsp3) is 0.286. The van der Waals surface area contributed by atoms with Gasteiger partial charge in [0.05, 0.1) is 17.0 Å². The van der Waals surface area contributed by atoms with Gasteiger partial charge in [0.2, 0.25) is 0 Å². The number of tetrazole rings is 1. The van der Waals surface area contributed by atoms with E-state index in [0.29, 0.717) is 18.8 Å². The zero-order valence-electron chi connectivity index (χ0n) is 20.5. The molecule has 1 amide bonds. The van der Waals surface area contributed by atoms with Crippen molar-refractivity contribution in [2.24, 2.45) is 0 Å². The molecule has 0 spiro atoms. The van der Waals surface area contributed by atoms with Gasteiger partial charge in [-0.2, -0.15) is 4.68 Å². The average molecular weight is 500 g/mol. The molecule has 8 heteroatoms. The summed E-state index contributed by atoms with van der Waals surface area (Å²) < 4.78 is 8.07. The molecular weight excluding hydrogens is 470 g/mol. The summed E-state index contributed by atoms with van der Waals surface area (Å²) in [6.45, 7) is 5.52. The first kappa shape index (κ1) is 24.1. The van der Waals surface area contributed by atoms with Crippen molar-refractivity contribution in [3.05, 3.63) is 95.3 Å². The second kappa shape index (κ2) is 11.0. The lowest BCUT2D eigenvalue weighted by Crippen LogP contribution is -2.42. The lowest BCUT2D eigenvalue weighted by atomic mass is 10.1. The highest BCUT2D eigenvalue weighted by Crippen LogP contribution is 2.29. The molecule has 0 N–H and O–H groups in total. The van der Waals surface area contributed by atoms with Crippen LogP contribution < -0.4 is 4.74 Å². The Morgan fingerprint density at radius 1 is 0.944 bits per heavy atom. The van der Waals surface area contributed by atoms with Gasteiger partial charge in [-0.1, -0.05) is 48.5 Å². The van der Waals surface area contributed by atoms with Gasteiger partial charge in [0.15, 0.2) is 5.82 Å². The molecule has 36 heavy (non-hydrogen) atoms. The van der Waals surface area contributed by atoms with Crippen LogP contribution in [0.5, 0.6) is 5.75 Å². The van der Waals surface area contributed by atoms with Crippen molar-refractivity contribution in [2.75, 3.05) is 13.1 Å². The van der Waals surface area contributed by atoms with Crippen LogP contribution in [0.15, 0.2) is 77.7 Å². The fourth-order valence-corrected chi connectivity index (χ4v) is 5.43. The quantitative estimate of drug-likeness (QED) is 0.323. The zero-order chi connectivity index (χ0) is 24.9. The first-order chi connectivity index (χ1) is 17.6. The molecule has 2 heterocycles. The Bertz CT molecular complexity index is 1310. The van der Waals surface area contributed by atoms with Crippen LogP contribution in [0.2, 0.25) is 0 Å². The third-order valence-electron chi connectivity index (χ3n) is 6.43. The van der Waals surface area contributed by atoms with Crippen molar-refractivity contribution in [1.29, 1.82) is 0 Å². The van der Waals surface area contributed by atoms with E-state index in [0.717, 1.165) is 51.7 Å². The van der Waals surface area contributed by atoms with Crippen molar-refractivity contribution in [2.45, 2.75) is 43.4 Å². The molecule has 5 rings (SSSR count). The van der Waals surface area contributed by atoms with Crippen LogP contribution >= 0.6 is 11.8 Å². The predicted molar refractivity (Wildman–Crippen MR) is 141 cm³/mol. The minimum Gasteiger partial charge on any atom is -0.490 e. The van der Waals surface area contributed by atoms with E-state index in [1.54, 1.807) is 16.4 Å².